The van der Waals surface area contributed by atoms with Crippen molar-refractivity contribution in [2.45, 2.75) is 45.8 Å². The summed E-state index contributed by atoms with van der Waals surface area (Å²) in [7, 11) is 0. The van der Waals surface area contributed by atoms with Crippen LogP contribution in [-0.4, -0.2) is 15.3 Å². The van der Waals surface area contributed by atoms with E-state index in [2.05, 4.69) is 24.6 Å². The summed E-state index contributed by atoms with van der Waals surface area (Å²) in [5, 5.41) is 11.9. The largest absolute Gasteiger partial charge is 0.390 e. The predicted molar refractivity (Wildman–Crippen MR) is 77.3 cm³/mol. The van der Waals surface area contributed by atoms with Crippen LogP contribution in [0.15, 0.2) is 24.4 Å². The minimum atomic E-state index is -0.710. The summed E-state index contributed by atoms with van der Waals surface area (Å²) >= 11 is 6.08. The van der Waals surface area contributed by atoms with E-state index in [0.717, 1.165) is 16.0 Å². The van der Waals surface area contributed by atoms with Crippen molar-refractivity contribution in [3.05, 3.63) is 35.0 Å². The zero-order valence-electron chi connectivity index (χ0n) is 11.4. The van der Waals surface area contributed by atoms with E-state index in [1.54, 1.807) is 0 Å². The Morgan fingerprint density at radius 1 is 1.33 bits per heavy atom. The first-order valence-corrected chi connectivity index (χ1v) is 6.67. The van der Waals surface area contributed by atoms with E-state index >= 15 is 0 Å². The van der Waals surface area contributed by atoms with Crippen LogP contribution in [0.2, 0.25) is 5.02 Å². The van der Waals surface area contributed by atoms with Gasteiger partial charge in [0.2, 0.25) is 0 Å². The fourth-order valence-electron chi connectivity index (χ4n) is 2.33. The molecule has 2 nitrogen and oxygen atoms in total. The molecule has 0 fully saturated rings. The van der Waals surface area contributed by atoms with Crippen LogP contribution in [0.25, 0.3) is 10.9 Å². The van der Waals surface area contributed by atoms with Gasteiger partial charge in [-0.15, -0.1) is 0 Å². The van der Waals surface area contributed by atoms with Crippen molar-refractivity contribution in [1.29, 1.82) is 0 Å². The van der Waals surface area contributed by atoms with E-state index in [-0.39, 0.29) is 0 Å². The molecule has 18 heavy (non-hydrogen) atoms. The Morgan fingerprint density at radius 2 is 2.00 bits per heavy atom. The predicted octanol–water partition coefficient (Wildman–Crippen LogP) is 4.19. The van der Waals surface area contributed by atoms with Gasteiger partial charge in [-0.1, -0.05) is 11.6 Å². The summed E-state index contributed by atoms with van der Waals surface area (Å²) in [5.74, 6) is 0. The maximum atomic E-state index is 10.0. The number of halogens is 1. The van der Waals surface area contributed by atoms with Crippen LogP contribution in [0, 0.1) is 0 Å². The van der Waals surface area contributed by atoms with E-state index in [9.17, 15) is 5.11 Å². The van der Waals surface area contributed by atoms with Crippen molar-refractivity contribution >= 4 is 22.5 Å². The van der Waals surface area contributed by atoms with Crippen LogP contribution in [0.1, 0.15) is 39.3 Å². The number of hydrogen-bond donors (Lipinski definition) is 1. The second-order valence-electron chi connectivity index (χ2n) is 5.81. The average Bonchev–Trinajstić information content (AvgIpc) is 2.54. The third kappa shape index (κ3) is 2.70. The first-order chi connectivity index (χ1) is 8.28. The van der Waals surface area contributed by atoms with Gasteiger partial charge in [0.05, 0.1) is 5.60 Å². The zero-order chi connectivity index (χ0) is 13.5. The molecule has 1 aromatic carbocycles. The molecule has 0 bridgehead atoms. The quantitative estimate of drug-likeness (QED) is 0.885. The highest BCUT2D eigenvalue weighted by atomic mass is 35.5. The summed E-state index contributed by atoms with van der Waals surface area (Å²) < 4.78 is 2.23. The Labute approximate surface area is 113 Å². The Hall–Kier alpha value is -0.990. The number of benzene rings is 1. The molecule has 0 unspecified atom stereocenters. The molecule has 2 rings (SSSR count). The third-order valence-electron chi connectivity index (χ3n) is 3.06. The molecule has 2 aromatic rings. The number of fused-ring (bicyclic) bond motifs is 1. The van der Waals surface area contributed by atoms with Crippen molar-refractivity contribution in [1.82, 2.24) is 4.57 Å². The van der Waals surface area contributed by atoms with Gasteiger partial charge in [-0.25, -0.2) is 0 Å². The second kappa shape index (κ2) is 4.60. The van der Waals surface area contributed by atoms with Crippen LogP contribution in [0.4, 0.5) is 0 Å². The molecule has 0 saturated heterocycles. The number of aliphatic hydroxyl groups is 1. The van der Waals surface area contributed by atoms with Gasteiger partial charge < -0.3 is 9.67 Å². The average molecular weight is 266 g/mol. The van der Waals surface area contributed by atoms with Crippen LogP contribution in [0.5, 0.6) is 0 Å². The minimum absolute atomic E-state index is 0.393. The molecule has 0 amide bonds. The Kier molecular flexibility index (Phi) is 3.43. The van der Waals surface area contributed by atoms with E-state index in [1.165, 1.54) is 5.52 Å². The van der Waals surface area contributed by atoms with E-state index in [4.69, 9.17) is 11.6 Å². The second-order valence-corrected chi connectivity index (χ2v) is 6.24. The first-order valence-electron chi connectivity index (χ1n) is 6.29. The molecular weight excluding hydrogens is 246 g/mol. The lowest BCUT2D eigenvalue weighted by molar-refractivity contribution is 0.0813. The van der Waals surface area contributed by atoms with Crippen molar-refractivity contribution in [3.8, 4) is 0 Å². The molecule has 0 saturated carbocycles. The number of aromatic nitrogens is 1. The van der Waals surface area contributed by atoms with Gasteiger partial charge in [-0.2, -0.15) is 0 Å². The minimum Gasteiger partial charge on any atom is -0.390 e. The van der Waals surface area contributed by atoms with Crippen LogP contribution >= 0.6 is 11.6 Å². The number of hydrogen-bond acceptors (Lipinski definition) is 1. The van der Waals surface area contributed by atoms with Crippen LogP contribution in [0.3, 0.4) is 0 Å². The standard InChI is InChI=1S/C15H20ClNO/c1-10(2)17-9-11(8-15(3,4)18)13-7-12(16)5-6-14(13)17/h5-7,9-10,18H,8H2,1-4H3. The maximum absolute atomic E-state index is 10.0. The lowest BCUT2D eigenvalue weighted by atomic mass is 9.98. The molecule has 1 N–H and O–H groups in total. The van der Waals surface area contributed by atoms with Crippen LogP contribution in [-0.2, 0) is 6.42 Å². The molecule has 98 valence electrons. The molecule has 0 aliphatic carbocycles. The van der Waals surface area contributed by atoms with E-state index in [0.29, 0.717) is 12.5 Å². The Morgan fingerprint density at radius 3 is 2.56 bits per heavy atom. The summed E-state index contributed by atoms with van der Waals surface area (Å²) in [6.07, 6.45) is 2.76. The van der Waals surface area contributed by atoms with Crippen molar-refractivity contribution < 1.29 is 5.11 Å². The van der Waals surface area contributed by atoms with Crippen molar-refractivity contribution in [2.24, 2.45) is 0 Å². The summed E-state index contributed by atoms with van der Waals surface area (Å²) in [6, 6.07) is 6.34. The van der Waals surface area contributed by atoms with Crippen LogP contribution < -0.4 is 0 Å². The highest BCUT2D eigenvalue weighted by Gasteiger charge is 2.18. The smallest absolute Gasteiger partial charge is 0.0632 e. The molecule has 3 heteroatoms. The molecule has 0 atom stereocenters. The van der Waals surface area contributed by atoms with Crippen molar-refractivity contribution in [2.75, 3.05) is 0 Å². The van der Waals surface area contributed by atoms with Gasteiger partial charge >= 0.3 is 0 Å². The van der Waals surface area contributed by atoms with Gasteiger partial charge in [0.25, 0.3) is 0 Å². The highest BCUT2D eigenvalue weighted by Crippen LogP contribution is 2.29. The molecular formula is C15H20ClNO. The molecule has 0 aliphatic rings. The lowest BCUT2D eigenvalue weighted by Crippen LogP contribution is -2.21. The Balaban J connectivity index is 2.62. The molecule has 0 spiro atoms. The Bertz CT molecular complexity index is 564. The zero-order valence-corrected chi connectivity index (χ0v) is 12.1. The lowest BCUT2D eigenvalue weighted by Gasteiger charge is -2.16. The fraction of sp³-hybridized carbons (Fsp3) is 0.467. The topological polar surface area (TPSA) is 25.2 Å². The SMILES string of the molecule is CC(C)n1cc(CC(C)(C)O)c2cc(Cl)ccc21. The summed E-state index contributed by atoms with van der Waals surface area (Å²) in [6.45, 7) is 7.97. The third-order valence-corrected chi connectivity index (χ3v) is 3.29. The van der Waals surface area contributed by atoms with Gasteiger partial charge in [0.15, 0.2) is 0 Å². The van der Waals surface area contributed by atoms with Gasteiger partial charge in [-0.05, 0) is 51.5 Å². The summed E-state index contributed by atoms with van der Waals surface area (Å²) in [4.78, 5) is 0. The van der Waals surface area contributed by atoms with E-state index < -0.39 is 5.60 Å². The molecule has 0 radical (unpaired) electrons. The van der Waals surface area contributed by atoms with Crippen molar-refractivity contribution in [3.63, 3.8) is 0 Å². The molecule has 1 aromatic heterocycles. The molecule has 0 aliphatic heterocycles. The monoisotopic (exact) mass is 265 g/mol. The molecule has 1 heterocycles. The number of nitrogens with zero attached hydrogens (tertiary/aromatic N) is 1. The maximum Gasteiger partial charge on any atom is 0.0632 e. The normalized spacial score (nSPS) is 12.6. The van der Waals surface area contributed by atoms with Gasteiger partial charge in [0, 0.05) is 34.6 Å². The van der Waals surface area contributed by atoms with Gasteiger partial charge in [-0.3, -0.25) is 0 Å². The fourth-order valence-corrected chi connectivity index (χ4v) is 2.50. The first kappa shape index (κ1) is 13.4. The highest BCUT2D eigenvalue weighted by molar-refractivity contribution is 6.31. The summed E-state index contributed by atoms with van der Waals surface area (Å²) in [5.41, 5.74) is 1.61. The van der Waals surface area contributed by atoms with Gasteiger partial charge in [0.1, 0.15) is 0 Å². The number of rotatable bonds is 3. The van der Waals surface area contributed by atoms with E-state index in [1.807, 2.05) is 32.0 Å².